The maximum atomic E-state index is 11.8. The summed E-state index contributed by atoms with van der Waals surface area (Å²) in [5.41, 5.74) is -1.47. The van der Waals surface area contributed by atoms with Crippen LogP contribution in [0.5, 0.6) is 0 Å². The molecule has 2 fully saturated rings. The minimum absolute atomic E-state index is 0.103. The van der Waals surface area contributed by atoms with Crippen LogP contribution in [0.3, 0.4) is 0 Å². The van der Waals surface area contributed by atoms with Gasteiger partial charge >= 0.3 is 5.97 Å². The topological polar surface area (TPSA) is 66.8 Å². The molecule has 7 atom stereocenters. The Kier molecular flexibility index (Phi) is 2.64. The lowest BCUT2D eigenvalue weighted by Crippen LogP contribution is -2.60. The van der Waals surface area contributed by atoms with Gasteiger partial charge in [0.25, 0.3) is 0 Å². The second kappa shape index (κ2) is 3.83. The summed E-state index contributed by atoms with van der Waals surface area (Å²) in [7, 11) is 0. The molecule has 3 rings (SSSR count). The standard InChI is InChI=1S/C15H22O4/c1-8-9-4-6-14(2)10(16)5-7-15(3,18)12(14)11(9)19-13(8)17/h5,7-12,16,18H,4,6H2,1-3H3/t8-,9-,10-,11-,12+,14-,15+/m0/s1. The number of hydrogen-bond donors (Lipinski definition) is 2. The van der Waals surface area contributed by atoms with Crippen molar-refractivity contribution < 1.29 is 19.7 Å². The molecule has 4 nitrogen and oxygen atoms in total. The first-order valence-electron chi connectivity index (χ1n) is 7.07. The van der Waals surface area contributed by atoms with E-state index in [9.17, 15) is 15.0 Å². The van der Waals surface area contributed by atoms with Crippen molar-refractivity contribution in [2.75, 3.05) is 0 Å². The third-order valence-electron chi connectivity index (χ3n) is 5.66. The Morgan fingerprint density at radius 2 is 2.11 bits per heavy atom. The van der Waals surface area contributed by atoms with E-state index in [1.54, 1.807) is 19.1 Å². The molecule has 106 valence electrons. The predicted octanol–water partition coefficient (Wildman–Crippen LogP) is 1.26. The van der Waals surface area contributed by atoms with Crippen LogP contribution in [0.15, 0.2) is 12.2 Å². The molecule has 0 spiro atoms. The zero-order valence-corrected chi connectivity index (χ0v) is 11.7. The van der Waals surface area contributed by atoms with E-state index in [0.717, 1.165) is 12.8 Å². The van der Waals surface area contributed by atoms with Gasteiger partial charge in [-0.25, -0.2) is 0 Å². The molecule has 1 heterocycles. The largest absolute Gasteiger partial charge is 0.461 e. The third kappa shape index (κ3) is 1.62. The Hall–Kier alpha value is -0.870. The van der Waals surface area contributed by atoms with E-state index < -0.39 is 17.1 Å². The number of fused-ring (bicyclic) bond motifs is 3. The second-order valence-electron chi connectivity index (χ2n) is 6.91. The summed E-state index contributed by atoms with van der Waals surface area (Å²) < 4.78 is 5.55. The van der Waals surface area contributed by atoms with Crippen molar-refractivity contribution in [1.82, 2.24) is 0 Å². The first-order valence-corrected chi connectivity index (χ1v) is 7.07. The van der Waals surface area contributed by atoms with Gasteiger partial charge in [0.05, 0.1) is 17.6 Å². The van der Waals surface area contributed by atoms with Crippen molar-refractivity contribution in [2.45, 2.75) is 51.4 Å². The van der Waals surface area contributed by atoms with Crippen molar-refractivity contribution in [1.29, 1.82) is 0 Å². The Morgan fingerprint density at radius 1 is 1.42 bits per heavy atom. The summed E-state index contributed by atoms with van der Waals surface area (Å²) in [6, 6.07) is 0. The summed E-state index contributed by atoms with van der Waals surface area (Å²) in [4.78, 5) is 11.8. The van der Waals surface area contributed by atoms with Crippen LogP contribution in [-0.4, -0.2) is 34.0 Å². The van der Waals surface area contributed by atoms with E-state index in [1.807, 2.05) is 13.8 Å². The van der Waals surface area contributed by atoms with Gasteiger partial charge in [0.1, 0.15) is 6.10 Å². The molecule has 0 aromatic rings. The van der Waals surface area contributed by atoms with Crippen LogP contribution in [0.4, 0.5) is 0 Å². The average molecular weight is 266 g/mol. The highest BCUT2D eigenvalue weighted by Crippen LogP contribution is 2.57. The summed E-state index contributed by atoms with van der Waals surface area (Å²) in [5, 5.41) is 21.0. The van der Waals surface area contributed by atoms with Crippen LogP contribution >= 0.6 is 0 Å². The highest BCUT2D eigenvalue weighted by molar-refractivity contribution is 5.75. The molecule has 2 aliphatic carbocycles. The maximum Gasteiger partial charge on any atom is 0.309 e. The van der Waals surface area contributed by atoms with Crippen LogP contribution in [0.25, 0.3) is 0 Å². The van der Waals surface area contributed by atoms with Gasteiger partial charge in [0.2, 0.25) is 0 Å². The van der Waals surface area contributed by atoms with Gasteiger partial charge in [-0.15, -0.1) is 0 Å². The zero-order chi connectivity index (χ0) is 14.0. The summed E-state index contributed by atoms with van der Waals surface area (Å²) >= 11 is 0. The number of ether oxygens (including phenoxy) is 1. The first-order chi connectivity index (χ1) is 8.77. The quantitative estimate of drug-likeness (QED) is 0.512. The van der Waals surface area contributed by atoms with E-state index in [-0.39, 0.29) is 29.8 Å². The van der Waals surface area contributed by atoms with E-state index in [0.29, 0.717) is 0 Å². The van der Waals surface area contributed by atoms with Crippen molar-refractivity contribution in [3.8, 4) is 0 Å². The molecule has 19 heavy (non-hydrogen) atoms. The van der Waals surface area contributed by atoms with Gasteiger partial charge < -0.3 is 14.9 Å². The number of aliphatic hydroxyl groups is 2. The molecule has 0 aromatic carbocycles. The fourth-order valence-electron chi connectivity index (χ4n) is 4.47. The fourth-order valence-corrected chi connectivity index (χ4v) is 4.47. The molecule has 3 aliphatic rings. The number of carbonyl (C=O) groups is 1. The van der Waals surface area contributed by atoms with Crippen LogP contribution in [0.1, 0.15) is 33.6 Å². The minimum atomic E-state index is -1.04. The van der Waals surface area contributed by atoms with Gasteiger partial charge in [-0.05, 0) is 19.8 Å². The molecular weight excluding hydrogens is 244 g/mol. The Morgan fingerprint density at radius 3 is 2.79 bits per heavy atom. The highest BCUT2D eigenvalue weighted by atomic mass is 16.6. The molecule has 0 unspecified atom stereocenters. The van der Waals surface area contributed by atoms with Crippen LogP contribution < -0.4 is 0 Å². The second-order valence-corrected chi connectivity index (χ2v) is 6.91. The Labute approximate surface area is 113 Å². The fraction of sp³-hybridized carbons (Fsp3) is 0.800. The van der Waals surface area contributed by atoms with E-state index in [4.69, 9.17) is 4.74 Å². The Balaban J connectivity index is 2.05. The molecule has 0 radical (unpaired) electrons. The molecule has 0 amide bonds. The Bertz CT molecular complexity index is 441. The molecule has 2 N–H and O–H groups in total. The minimum Gasteiger partial charge on any atom is -0.461 e. The SMILES string of the molecule is C[C@@H]1C(=O)O[C@H]2[C@H]1CC[C@]1(C)[C@@H]2[C@](C)(O)C=C[C@@H]1O. The van der Waals surface area contributed by atoms with Gasteiger partial charge in [0.15, 0.2) is 0 Å². The van der Waals surface area contributed by atoms with Crippen LogP contribution in [0, 0.1) is 23.2 Å². The van der Waals surface area contributed by atoms with E-state index >= 15 is 0 Å². The normalized spacial score (nSPS) is 56.5. The van der Waals surface area contributed by atoms with Gasteiger partial charge in [0, 0.05) is 17.3 Å². The van der Waals surface area contributed by atoms with Gasteiger partial charge in [-0.3, -0.25) is 4.79 Å². The lowest BCUT2D eigenvalue weighted by Gasteiger charge is -2.55. The lowest BCUT2D eigenvalue weighted by molar-refractivity contribution is -0.175. The molecule has 4 heteroatoms. The van der Waals surface area contributed by atoms with Crippen LogP contribution in [0.2, 0.25) is 0 Å². The molecule has 0 aromatic heterocycles. The smallest absolute Gasteiger partial charge is 0.309 e. The van der Waals surface area contributed by atoms with Crippen molar-refractivity contribution in [3.63, 3.8) is 0 Å². The van der Waals surface area contributed by atoms with Gasteiger partial charge in [-0.2, -0.15) is 0 Å². The van der Waals surface area contributed by atoms with Gasteiger partial charge in [-0.1, -0.05) is 26.0 Å². The molecule has 0 bridgehead atoms. The molecular formula is C15H22O4. The molecule has 1 saturated carbocycles. The zero-order valence-electron chi connectivity index (χ0n) is 11.7. The summed E-state index contributed by atoms with van der Waals surface area (Å²) in [5.74, 6) is -0.351. The molecule has 1 aliphatic heterocycles. The lowest BCUT2D eigenvalue weighted by atomic mass is 9.52. The number of esters is 1. The summed E-state index contributed by atoms with van der Waals surface area (Å²) in [6.45, 7) is 5.64. The third-order valence-corrected chi connectivity index (χ3v) is 5.66. The number of rotatable bonds is 0. The highest BCUT2D eigenvalue weighted by Gasteiger charge is 2.62. The first kappa shape index (κ1) is 13.1. The average Bonchev–Trinajstić information content (AvgIpc) is 2.60. The van der Waals surface area contributed by atoms with Crippen LogP contribution in [-0.2, 0) is 9.53 Å². The summed E-state index contributed by atoms with van der Waals surface area (Å²) in [6.07, 6.45) is 4.14. The maximum absolute atomic E-state index is 11.8. The predicted molar refractivity (Wildman–Crippen MR) is 69.1 cm³/mol. The van der Waals surface area contributed by atoms with Crippen molar-refractivity contribution in [3.05, 3.63) is 12.2 Å². The van der Waals surface area contributed by atoms with E-state index in [1.165, 1.54) is 0 Å². The number of hydrogen-bond acceptors (Lipinski definition) is 4. The number of carbonyl (C=O) groups excluding carboxylic acids is 1. The van der Waals surface area contributed by atoms with E-state index in [2.05, 4.69) is 0 Å². The van der Waals surface area contributed by atoms with Crippen molar-refractivity contribution in [2.24, 2.45) is 23.2 Å². The molecule has 1 saturated heterocycles. The monoisotopic (exact) mass is 266 g/mol. The number of aliphatic hydroxyl groups excluding tert-OH is 1. The van der Waals surface area contributed by atoms with Crippen molar-refractivity contribution >= 4 is 5.97 Å².